The molecular formula is C24H25BrN2O3S. The van der Waals surface area contributed by atoms with Crippen molar-refractivity contribution >= 4 is 37.5 Å². The van der Waals surface area contributed by atoms with Crippen LogP contribution in [0.3, 0.4) is 0 Å². The van der Waals surface area contributed by atoms with E-state index < -0.39 is 10.0 Å². The van der Waals surface area contributed by atoms with E-state index in [1.54, 1.807) is 36.4 Å². The topological polar surface area (TPSA) is 75.3 Å². The molecule has 162 valence electrons. The number of hydrogen-bond donors (Lipinski definition) is 2. The smallest absolute Gasteiger partial charge is 0.261 e. The van der Waals surface area contributed by atoms with Crippen molar-refractivity contribution in [3.05, 3.63) is 94.0 Å². The number of sulfonamides is 1. The summed E-state index contributed by atoms with van der Waals surface area (Å²) in [4.78, 5) is 12.5. The van der Waals surface area contributed by atoms with Crippen LogP contribution in [0.1, 0.15) is 36.1 Å². The van der Waals surface area contributed by atoms with Crippen LogP contribution in [0.2, 0.25) is 0 Å². The fourth-order valence-corrected chi connectivity index (χ4v) is 4.40. The predicted molar refractivity (Wildman–Crippen MR) is 127 cm³/mol. The molecule has 0 saturated carbocycles. The van der Waals surface area contributed by atoms with Crippen molar-refractivity contribution in [2.75, 3.05) is 4.72 Å². The molecule has 0 aliphatic rings. The van der Waals surface area contributed by atoms with Crippen LogP contribution >= 0.6 is 15.9 Å². The zero-order chi connectivity index (χ0) is 22.4. The van der Waals surface area contributed by atoms with Crippen LogP contribution in [0.15, 0.2) is 82.2 Å². The summed E-state index contributed by atoms with van der Waals surface area (Å²) in [6.07, 6.45) is 0.860. The highest BCUT2D eigenvalue weighted by Gasteiger charge is 2.14. The van der Waals surface area contributed by atoms with Crippen LogP contribution in [0, 0.1) is 6.92 Å². The van der Waals surface area contributed by atoms with E-state index in [2.05, 4.69) is 26.0 Å². The lowest BCUT2D eigenvalue weighted by molar-refractivity contribution is -0.121. The monoisotopic (exact) mass is 500 g/mol. The first-order chi connectivity index (χ1) is 14.7. The van der Waals surface area contributed by atoms with E-state index in [9.17, 15) is 13.2 Å². The van der Waals surface area contributed by atoms with Gasteiger partial charge in [-0.3, -0.25) is 9.52 Å². The van der Waals surface area contributed by atoms with E-state index in [0.717, 1.165) is 21.2 Å². The highest BCUT2D eigenvalue weighted by Crippen LogP contribution is 2.19. The molecule has 0 saturated heterocycles. The molecule has 0 unspecified atom stereocenters. The van der Waals surface area contributed by atoms with Gasteiger partial charge in [-0.15, -0.1) is 0 Å². The van der Waals surface area contributed by atoms with E-state index in [1.165, 1.54) is 0 Å². The number of carbonyl (C=O) groups is 1. The third-order valence-corrected chi connectivity index (χ3v) is 6.85. The Morgan fingerprint density at radius 3 is 2.16 bits per heavy atom. The van der Waals surface area contributed by atoms with Crippen LogP contribution in [-0.2, 0) is 21.2 Å². The summed E-state index contributed by atoms with van der Waals surface area (Å²) in [6, 6.07) is 21.5. The van der Waals surface area contributed by atoms with Gasteiger partial charge < -0.3 is 5.32 Å². The average Bonchev–Trinajstić information content (AvgIpc) is 2.74. The molecule has 31 heavy (non-hydrogen) atoms. The minimum absolute atomic E-state index is 0.0480. The molecule has 2 N–H and O–H groups in total. The van der Waals surface area contributed by atoms with Crippen molar-refractivity contribution in [3.8, 4) is 0 Å². The molecule has 0 radical (unpaired) electrons. The predicted octanol–water partition coefficient (Wildman–Crippen LogP) is 5.37. The van der Waals surface area contributed by atoms with Gasteiger partial charge in [-0.05, 0) is 67.8 Å². The Morgan fingerprint density at radius 1 is 0.935 bits per heavy atom. The van der Waals surface area contributed by atoms with Crippen molar-refractivity contribution in [1.29, 1.82) is 0 Å². The van der Waals surface area contributed by atoms with Crippen molar-refractivity contribution in [3.63, 3.8) is 0 Å². The second-order valence-electron chi connectivity index (χ2n) is 7.46. The van der Waals surface area contributed by atoms with Crippen molar-refractivity contribution in [2.45, 2.75) is 37.6 Å². The minimum atomic E-state index is -3.66. The lowest BCUT2D eigenvalue weighted by Crippen LogP contribution is -2.26. The van der Waals surface area contributed by atoms with Gasteiger partial charge in [0.05, 0.1) is 10.9 Å². The van der Waals surface area contributed by atoms with Crippen molar-refractivity contribution in [2.24, 2.45) is 0 Å². The standard InChI is InChI=1S/C24H25BrN2O3S/c1-17-3-12-22(13-4-17)27-31(29,30)23-14-5-19(6-15-23)7-16-24(28)26-18(2)20-8-10-21(25)11-9-20/h3-6,8-15,18,27H,7,16H2,1-2H3,(H,26,28)/t18-/m1/s1. The highest BCUT2D eigenvalue weighted by atomic mass is 79.9. The lowest BCUT2D eigenvalue weighted by Gasteiger charge is -2.14. The molecule has 0 aromatic heterocycles. The Balaban J connectivity index is 1.54. The Labute approximate surface area is 192 Å². The lowest BCUT2D eigenvalue weighted by atomic mass is 10.1. The van der Waals surface area contributed by atoms with E-state index in [1.807, 2.05) is 50.2 Å². The summed E-state index contributed by atoms with van der Waals surface area (Å²) < 4.78 is 28.7. The summed E-state index contributed by atoms with van der Waals surface area (Å²) in [5.74, 6) is -0.0480. The molecule has 0 spiro atoms. The van der Waals surface area contributed by atoms with Crippen LogP contribution < -0.4 is 10.0 Å². The Hall–Kier alpha value is -2.64. The van der Waals surface area contributed by atoms with Crippen LogP contribution in [0.4, 0.5) is 5.69 Å². The molecular weight excluding hydrogens is 476 g/mol. The summed E-state index contributed by atoms with van der Waals surface area (Å²) in [5, 5.41) is 2.99. The Morgan fingerprint density at radius 2 is 1.55 bits per heavy atom. The van der Waals surface area contributed by atoms with Gasteiger partial charge in [0.15, 0.2) is 0 Å². The number of halogens is 1. The number of benzene rings is 3. The normalized spacial score (nSPS) is 12.2. The number of carbonyl (C=O) groups excluding carboxylic acids is 1. The maximum Gasteiger partial charge on any atom is 0.261 e. The van der Waals surface area contributed by atoms with Gasteiger partial charge in [0, 0.05) is 16.6 Å². The number of aryl methyl sites for hydroxylation is 2. The quantitative estimate of drug-likeness (QED) is 0.436. The summed E-state index contributed by atoms with van der Waals surface area (Å²) in [7, 11) is -3.66. The molecule has 3 aromatic rings. The van der Waals surface area contributed by atoms with Crippen LogP contribution in [0.25, 0.3) is 0 Å². The van der Waals surface area contributed by atoms with Crippen molar-refractivity contribution in [1.82, 2.24) is 5.32 Å². The van der Waals surface area contributed by atoms with Crippen LogP contribution in [0.5, 0.6) is 0 Å². The summed E-state index contributed by atoms with van der Waals surface area (Å²) in [6.45, 7) is 3.89. The molecule has 3 rings (SSSR count). The van der Waals surface area contributed by atoms with Gasteiger partial charge in [0.25, 0.3) is 10.0 Å². The number of anilines is 1. The van der Waals surface area contributed by atoms with E-state index in [-0.39, 0.29) is 16.8 Å². The number of nitrogens with one attached hydrogen (secondary N) is 2. The van der Waals surface area contributed by atoms with Gasteiger partial charge in [0.1, 0.15) is 0 Å². The molecule has 0 aliphatic heterocycles. The number of amides is 1. The van der Waals surface area contributed by atoms with E-state index >= 15 is 0 Å². The second kappa shape index (κ2) is 10.1. The second-order valence-corrected chi connectivity index (χ2v) is 10.1. The fourth-order valence-electron chi connectivity index (χ4n) is 3.08. The van der Waals surface area contributed by atoms with Crippen LogP contribution in [-0.4, -0.2) is 14.3 Å². The maximum absolute atomic E-state index is 12.6. The third-order valence-electron chi connectivity index (χ3n) is 4.93. The fraction of sp³-hybridized carbons (Fsp3) is 0.208. The first kappa shape index (κ1) is 23.0. The van der Waals surface area contributed by atoms with E-state index in [4.69, 9.17) is 0 Å². The van der Waals surface area contributed by atoms with Gasteiger partial charge in [0.2, 0.25) is 5.91 Å². The molecule has 0 bridgehead atoms. The number of rotatable bonds is 8. The van der Waals surface area contributed by atoms with Crippen molar-refractivity contribution < 1.29 is 13.2 Å². The number of hydrogen-bond acceptors (Lipinski definition) is 3. The van der Waals surface area contributed by atoms with Gasteiger partial charge >= 0.3 is 0 Å². The highest BCUT2D eigenvalue weighted by molar-refractivity contribution is 9.10. The molecule has 0 fully saturated rings. The van der Waals surface area contributed by atoms with Gasteiger partial charge in [-0.1, -0.05) is 57.9 Å². The maximum atomic E-state index is 12.6. The first-order valence-corrected chi connectivity index (χ1v) is 12.2. The Kier molecular flexibility index (Phi) is 7.51. The van der Waals surface area contributed by atoms with E-state index in [0.29, 0.717) is 18.5 Å². The molecule has 0 aliphatic carbocycles. The molecule has 1 atom stereocenters. The van der Waals surface area contributed by atoms with Gasteiger partial charge in [-0.25, -0.2) is 8.42 Å². The molecule has 0 heterocycles. The third kappa shape index (κ3) is 6.67. The average molecular weight is 501 g/mol. The minimum Gasteiger partial charge on any atom is -0.350 e. The van der Waals surface area contributed by atoms with Gasteiger partial charge in [-0.2, -0.15) is 0 Å². The summed E-state index contributed by atoms with van der Waals surface area (Å²) in [5.41, 5.74) is 3.52. The SMILES string of the molecule is Cc1ccc(NS(=O)(=O)c2ccc(CCC(=O)N[C@H](C)c3ccc(Br)cc3)cc2)cc1. The summed E-state index contributed by atoms with van der Waals surface area (Å²) >= 11 is 3.40. The Bertz CT molecular complexity index is 1130. The molecule has 7 heteroatoms. The first-order valence-electron chi connectivity index (χ1n) is 9.96. The zero-order valence-electron chi connectivity index (χ0n) is 17.4. The zero-order valence-corrected chi connectivity index (χ0v) is 19.8. The largest absolute Gasteiger partial charge is 0.350 e. The molecule has 1 amide bonds. The molecule has 5 nitrogen and oxygen atoms in total. The molecule has 3 aromatic carbocycles.